The largest absolute Gasteiger partial charge is 0.310 e. The lowest BCUT2D eigenvalue weighted by Gasteiger charge is -2.26. The van der Waals surface area contributed by atoms with Crippen LogP contribution in [0.5, 0.6) is 0 Å². The molecule has 0 unspecified atom stereocenters. The van der Waals surface area contributed by atoms with E-state index in [1.807, 2.05) is 0 Å². The SMILES string of the molecule is c1ccc(N(c2ccc3c(c2)c2ccccc2n3-c2ccccc2)c2ccc3c(c2)c2ccccc2n3-c2ccc(-c3ccc(-c4ccc(-n5c6ccccc6c6ccccc65)cc4)cc3)cc2)cc1. The molecule has 0 aliphatic carbocycles. The van der Waals surface area contributed by atoms with E-state index in [-0.39, 0.29) is 0 Å². The van der Waals surface area contributed by atoms with Crippen molar-refractivity contribution in [1.29, 1.82) is 0 Å². The van der Waals surface area contributed by atoms with E-state index in [0.29, 0.717) is 0 Å². The van der Waals surface area contributed by atoms with E-state index >= 15 is 0 Å². The molecular formula is C66H44N4. The normalized spacial score (nSPS) is 11.7. The Hall–Kier alpha value is -9.38. The minimum Gasteiger partial charge on any atom is -0.310 e. The monoisotopic (exact) mass is 892 g/mol. The maximum Gasteiger partial charge on any atom is 0.0542 e. The third-order valence-electron chi connectivity index (χ3n) is 14.2. The molecule has 11 aromatic carbocycles. The molecule has 0 fully saturated rings. The van der Waals surface area contributed by atoms with Crippen molar-refractivity contribution in [3.63, 3.8) is 0 Å². The second kappa shape index (κ2) is 16.2. The molecule has 14 rings (SSSR count). The van der Waals surface area contributed by atoms with Gasteiger partial charge in [-0.25, -0.2) is 0 Å². The van der Waals surface area contributed by atoms with Crippen molar-refractivity contribution < 1.29 is 0 Å². The van der Waals surface area contributed by atoms with Crippen LogP contribution < -0.4 is 4.90 Å². The second-order valence-electron chi connectivity index (χ2n) is 18.2. The zero-order valence-electron chi connectivity index (χ0n) is 38.2. The summed E-state index contributed by atoms with van der Waals surface area (Å²) in [7, 11) is 0. The van der Waals surface area contributed by atoms with Crippen LogP contribution in [0.15, 0.2) is 267 Å². The lowest BCUT2D eigenvalue weighted by molar-refractivity contribution is 1.18. The van der Waals surface area contributed by atoms with E-state index in [1.165, 1.54) is 87.7 Å². The molecule has 14 aromatic rings. The first-order valence-corrected chi connectivity index (χ1v) is 24.0. The first-order valence-electron chi connectivity index (χ1n) is 24.0. The van der Waals surface area contributed by atoms with Crippen molar-refractivity contribution in [2.45, 2.75) is 0 Å². The number of hydrogen-bond donors (Lipinski definition) is 0. The Bertz CT molecular complexity index is 4200. The van der Waals surface area contributed by atoms with E-state index in [4.69, 9.17) is 0 Å². The molecule has 70 heavy (non-hydrogen) atoms. The molecule has 3 heterocycles. The number of rotatable bonds is 8. The summed E-state index contributed by atoms with van der Waals surface area (Å²) in [5, 5.41) is 7.43. The summed E-state index contributed by atoms with van der Waals surface area (Å²) in [6.07, 6.45) is 0. The summed E-state index contributed by atoms with van der Waals surface area (Å²) in [4.78, 5) is 2.39. The van der Waals surface area contributed by atoms with Gasteiger partial charge in [-0.3, -0.25) is 0 Å². The summed E-state index contributed by atoms with van der Waals surface area (Å²) in [5.74, 6) is 0. The Morgan fingerprint density at radius 1 is 0.200 bits per heavy atom. The molecule has 0 aliphatic rings. The average Bonchev–Trinajstić information content (AvgIpc) is 4.07. The Morgan fingerprint density at radius 2 is 0.486 bits per heavy atom. The molecule has 0 saturated carbocycles. The van der Waals surface area contributed by atoms with Crippen molar-refractivity contribution in [2.24, 2.45) is 0 Å². The number of benzene rings is 11. The molecule has 328 valence electrons. The van der Waals surface area contributed by atoms with Gasteiger partial charge in [0.2, 0.25) is 0 Å². The maximum atomic E-state index is 2.40. The van der Waals surface area contributed by atoms with Gasteiger partial charge >= 0.3 is 0 Å². The van der Waals surface area contributed by atoms with Crippen LogP contribution in [0.25, 0.3) is 105 Å². The number of fused-ring (bicyclic) bond motifs is 9. The molecule has 3 aromatic heterocycles. The van der Waals surface area contributed by atoms with Crippen LogP contribution in [-0.4, -0.2) is 13.7 Å². The quantitative estimate of drug-likeness (QED) is 0.149. The van der Waals surface area contributed by atoms with E-state index in [0.717, 1.165) is 34.1 Å². The summed E-state index contributed by atoms with van der Waals surface area (Å²) < 4.78 is 7.15. The molecule has 0 N–H and O–H groups in total. The van der Waals surface area contributed by atoms with Crippen LogP contribution in [0.3, 0.4) is 0 Å². The Balaban J connectivity index is 0.794. The van der Waals surface area contributed by atoms with Gasteiger partial charge in [-0.1, -0.05) is 158 Å². The zero-order valence-corrected chi connectivity index (χ0v) is 38.2. The lowest BCUT2D eigenvalue weighted by atomic mass is 10.00. The average molecular weight is 893 g/mol. The molecule has 0 bridgehead atoms. The topological polar surface area (TPSA) is 18.0 Å². The lowest BCUT2D eigenvalue weighted by Crippen LogP contribution is -2.09. The minimum absolute atomic E-state index is 1.10. The maximum absolute atomic E-state index is 2.40. The zero-order chi connectivity index (χ0) is 46.1. The first kappa shape index (κ1) is 39.8. The standard InChI is InChI=1S/C66H44N4/c1-3-15-49(16-4-1)67(53-39-41-65-59(43-53)57-21-9-13-25-63(57)68(65)50-17-5-2-6-18-50)54-40-42-66-60(44-54)58-22-10-14-26-64(58)70(66)52-37-33-48(34-38-52)46-29-27-45(28-30-46)47-31-35-51(36-32-47)69-61-23-11-7-19-55(61)56-20-8-12-24-62(56)69/h1-44H. The summed E-state index contributed by atoms with van der Waals surface area (Å²) in [6, 6.07) is 97.0. The van der Waals surface area contributed by atoms with Crippen molar-refractivity contribution in [1.82, 2.24) is 13.7 Å². The van der Waals surface area contributed by atoms with Gasteiger partial charge in [0.15, 0.2) is 0 Å². The summed E-state index contributed by atoms with van der Waals surface area (Å²) >= 11 is 0. The number of hydrogen-bond acceptors (Lipinski definition) is 1. The highest BCUT2D eigenvalue weighted by atomic mass is 15.1. The molecule has 4 heteroatoms. The van der Waals surface area contributed by atoms with Gasteiger partial charge in [0, 0.05) is 66.4 Å². The van der Waals surface area contributed by atoms with Crippen molar-refractivity contribution >= 4 is 82.5 Å². The summed E-state index contributed by atoms with van der Waals surface area (Å²) in [5.41, 5.74) is 18.7. The molecule has 0 aliphatic heterocycles. The smallest absolute Gasteiger partial charge is 0.0542 e. The van der Waals surface area contributed by atoms with E-state index in [9.17, 15) is 0 Å². The second-order valence-corrected chi connectivity index (χ2v) is 18.2. The first-order chi connectivity index (χ1) is 34.7. The van der Waals surface area contributed by atoms with Gasteiger partial charge in [0.1, 0.15) is 0 Å². The predicted molar refractivity (Wildman–Crippen MR) is 295 cm³/mol. The third kappa shape index (κ3) is 6.38. The number of nitrogens with zero attached hydrogens (tertiary/aromatic N) is 4. The van der Waals surface area contributed by atoms with Gasteiger partial charge in [-0.2, -0.15) is 0 Å². The van der Waals surface area contributed by atoms with Gasteiger partial charge in [-0.15, -0.1) is 0 Å². The van der Waals surface area contributed by atoms with Gasteiger partial charge in [-0.05, 0) is 131 Å². The summed E-state index contributed by atoms with van der Waals surface area (Å²) in [6.45, 7) is 0. The van der Waals surface area contributed by atoms with Gasteiger partial charge < -0.3 is 18.6 Å². The van der Waals surface area contributed by atoms with Crippen molar-refractivity contribution in [2.75, 3.05) is 4.90 Å². The molecule has 0 atom stereocenters. The highest BCUT2D eigenvalue weighted by molar-refractivity contribution is 6.13. The predicted octanol–water partition coefficient (Wildman–Crippen LogP) is 17.8. The van der Waals surface area contributed by atoms with Crippen LogP contribution in [0.4, 0.5) is 17.1 Å². The number of anilines is 3. The van der Waals surface area contributed by atoms with Crippen LogP contribution in [0.1, 0.15) is 0 Å². The minimum atomic E-state index is 1.10. The van der Waals surface area contributed by atoms with Crippen LogP contribution >= 0.6 is 0 Å². The highest BCUT2D eigenvalue weighted by Gasteiger charge is 2.20. The molecule has 0 radical (unpaired) electrons. The third-order valence-corrected chi connectivity index (χ3v) is 14.2. The van der Waals surface area contributed by atoms with E-state index in [2.05, 4.69) is 286 Å². The highest BCUT2D eigenvalue weighted by Crippen LogP contribution is 2.43. The fourth-order valence-corrected chi connectivity index (χ4v) is 11.0. The molecule has 0 saturated heterocycles. The van der Waals surface area contributed by atoms with Gasteiger partial charge in [0.05, 0.1) is 33.1 Å². The number of aromatic nitrogens is 3. The Kier molecular flexibility index (Phi) is 9.17. The molecule has 4 nitrogen and oxygen atoms in total. The van der Waals surface area contributed by atoms with Gasteiger partial charge in [0.25, 0.3) is 0 Å². The van der Waals surface area contributed by atoms with Crippen LogP contribution in [0.2, 0.25) is 0 Å². The molecule has 0 spiro atoms. The van der Waals surface area contributed by atoms with Crippen molar-refractivity contribution in [3.8, 4) is 39.3 Å². The van der Waals surface area contributed by atoms with Crippen LogP contribution in [-0.2, 0) is 0 Å². The van der Waals surface area contributed by atoms with Crippen LogP contribution in [0, 0.1) is 0 Å². The molecule has 0 amide bonds. The van der Waals surface area contributed by atoms with Crippen molar-refractivity contribution in [3.05, 3.63) is 267 Å². The molecular weight excluding hydrogens is 849 g/mol. The number of para-hydroxylation sites is 6. The fraction of sp³-hybridized carbons (Fsp3) is 0. The van der Waals surface area contributed by atoms with E-state index in [1.54, 1.807) is 0 Å². The Morgan fingerprint density at radius 3 is 0.871 bits per heavy atom. The van der Waals surface area contributed by atoms with E-state index < -0.39 is 0 Å². The fourth-order valence-electron chi connectivity index (χ4n) is 11.0. The Labute approximate surface area is 405 Å².